The van der Waals surface area contributed by atoms with E-state index in [1.165, 1.54) is 0 Å². The molecule has 4 nitrogen and oxygen atoms in total. The van der Waals surface area contributed by atoms with Crippen LogP contribution in [0.15, 0.2) is 42.6 Å². The van der Waals surface area contributed by atoms with Gasteiger partial charge in [0.2, 0.25) is 0 Å². The Hall–Kier alpha value is -2.23. The molecule has 0 unspecified atom stereocenters. The number of anilines is 2. The van der Waals surface area contributed by atoms with Crippen molar-refractivity contribution in [3.05, 3.63) is 48.3 Å². The molecule has 0 bridgehead atoms. The Balaban J connectivity index is 2.10. The molecule has 0 amide bonds. The van der Waals surface area contributed by atoms with Crippen molar-refractivity contribution in [3.8, 4) is 5.75 Å². The zero-order valence-corrected chi connectivity index (χ0v) is 13.0. The maximum absolute atomic E-state index is 5.41. The highest BCUT2D eigenvalue weighted by atomic mass is 16.5. The van der Waals surface area contributed by atoms with Crippen LogP contribution in [-0.4, -0.2) is 25.7 Å². The summed E-state index contributed by atoms with van der Waals surface area (Å²) in [6, 6.07) is 12.1. The molecule has 0 radical (unpaired) electrons. The summed E-state index contributed by atoms with van der Waals surface area (Å²) in [5.74, 6) is 0.875. The standard InChI is InChI=1S/C17H23N3O/c1-4-10-18-14-9-11-19-15(12-14)13-20(2)16-7-5-6-8-17(16)21-3/h5-9,11-12H,4,10,13H2,1-3H3,(H,18,19). The Bertz CT molecular complexity index is 571. The third-order valence-electron chi connectivity index (χ3n) is 3.29. The molecule has 1 N–H and O–H groups in total. The lowest BCUT2D eigenvalue weighted by Gasteiger charge is -2.21. The van der Waals surface area contributed by atoms with E-state index in [1.54, 1.807) is 7.11 Å². The zero-order chi connectivity index (χ0) is 15.1. The van der Waals surface area contributed by atoms with Crippen LogP contribution < -0.4 is 15.0 Å². The quantitative estimate of drug-likeness (QED) is 0.844. The average molecular weight is 285 g/mol. The van der Waals surface area contributed by atoms with Gasteiger partial charge in [-0.2, -0.15) is 0 Å². The molecule has 0 spiro atoms. The van der Waals surface area contributed by atoms with Crippen LogP contribution in [0.25, 0.3) is 0 Å². The monoisotopic (exact) mass is 285 g/mol. The van der Waals surface area contributed by atoms with Gasteiger partial charge >= 0.3 is 0 Å². The predicted molar refractivity (Wildman–Crippen MR) is 88.1 cm³/mol. The fraction of sp³-hybridized carbons (Fsp3) is 0.353. The SMILES string of the molecule is CCCNc1ccnc(CN(C)c2ccccc2OC)c1. The maximum atomic E-state index is 5.41. The van der Waals surface area contributed by atoms with Crippen molar-refractivity contribution in [1.29, 1.82) is 0 Å². The van der Waals surface area contributed by atoms with Crippen LogP contribution in [0.1, 0.15) is 19.0 Å². The number of nitrogens with one attached hydrogen (secondary N) is 1. The number of nitrogens with zero attached hydrogens (tertiary/aromatic N) is 2. The normalized spacial score (nSPS) is 10.2. The summed E-state index contributed by atoms with van der Waals surface area (Å²) in [5, 5.41) is 3.39. The van der Waals surface area contributed by atoms with E-state index in [9.17, 15) is 0 Å². The van der Waals surface area contributed by atoms with Crippen molar-refractivity contribution >= 4 is 11.4 Å². The summed E-state index contributed by atoms with van der Waals surface area (Å²) in [6.45, 7) is 3.87. The first-order valence-corrected chi connectivity index (χ1v) is 7.27. The Morgan fingerprint density at radius 3 is 2.81 bits per heavy atom. The van der Waals surface area contributed by atoms with E-state index >= 15 is 0 Å². The smallest absolute Gasteiger partial charge is 0.142 e. The molecule has 4 heteroatoms. The van der Waals surface area contributed by atoms with E-state index in [0.717, 1.165) is 42.3 Å². The van der Waals surface area contributed by atoms with Gasteiger partial charge in [-0.15, -0.1) is 0 Å². The topological polar surface area (TPSA) is 37.4 Å². The molecule has 0 fully saturated rings. The maximum Gasteiger partial charge on any atom is 0.142 e. The first-order chi connectivity index (χ1) is 10.2. The highest BCUT2D eigenvalue weighted by Crippen LogP contribution is 2.27. The number of hydrogen-bond donors (Lipinski definition) is 1. The van der Waals surface area contributed by atoms with Gasteiger partial charge in [-0.05, 0) is 30.7 Å². The number of aromatic nitrogens is 1. The minimum atomic E-state index is 0.738. The fourth-order valence-corrected chi connectivity index (χ4v) is 2.22. The van der Waals surface area contributed by atoms with E-state index < -0.39 is 0 Å². The van der Waals surface area contributed by atoms with Gasteiger partial charge in [0.25, 0.3) is 0 Å². The first kappa shape index (κ1) is 15.2. The molecule has 1 aromatic heterocycles. The summed E-state index contributed by atoms with van der Waals surface area (Å²) in [7, 11) is 3.74. The molecule has 112 valence electrons. The highest BCUT2D eigenvalue weighted by Gasteiger charge is 2.08. The second-order valence-electron chi connectivity index (χ2n) is 4.99. The number of methoxy groups -OCH3 is 1. The Kier molecular flexibility index (Phi) is 5.43. The molecule has 1 aromatic carbocycles. The molecule has 0 saturated carbocycles. The van der Waals surface area contributed by atoms with Gasteiger partial charge in [-0.1, -0.05) is 19.1 Å². The van der Waals surface area contributed by atoms with E-state index in [0.29, 0.717) is 0 Å². The molecule has 2 aromatic rings. The lowest BCUT2D eigenvalue weighted by atomic mass is 10.2. The van der Waals surface area contributed by atoms with E-state index in [-0.39, 0.29) is 0 Å². The molecule has 0 saturated heterocycles. The van der Waals surface area contributed by atoms with Crippen LogP contribution in [0.4, 0.5) is 11.4 Å². The Morgan fingerprint density at radius 2 is 2.05 bits per heavy atom. The fourth-order valence-electron chi connectivity index (χ4n) is 2.22. The molecule has 21 heavy (non-hydrogen) atoms. The molecular weight excluding hydrogens is 262 g/mol. The van der Waals surface area contributed by atoms with Crippen LogP contribution in [0.3, 0.4) is 0 Å². The molecular formula is C17H23N3O. The lowest BCUT2D eigenvalue weighted by Crippen LogP contribution is -2.18. The lowest BCUT2D eigenvalue weighted by molar-refractivity contribution is 0.414. The van der Waals surface area contributed by atoms with E-state index in [2.05, 4.69) is 34.3 Å². The summed E-state index contributed by atoms with van der Waals surface area (Å²) < 4.78 is 5.41. The van der Waals surface area contributed by atoms with Crippen molar-refractivity contribution in [2.45, 2.75) is 19.9 Å². The minimum Gasteiger partial charge on any atom is -0.495 e. The summed E-state index contributed by atoms with van der Waals surface area (Å²) in [4.78, 5) is 6.59. The van der Waals surface area contributed by atoms with Crippen molar-refractivity contribution < 1.29 is 4.74 Å². The summed E-state index contributed by atoms with van der Waals surface area (Å²) in [5.41, 5.74) is 3.22. The van der Waals surface area contributed by atoms with Gasteiger partial charge in [-0.3, -0.25) is 4.98 Å². The van der Waals surface area contributed by atoms with Gasteiger partial charge in [-0.25, -0.2) is 0 Å². The predicted octanol–water partition coefficient (Wildman–Crippen LogP) is 3.55. The van der Waals surface area contributed by atoms with Crippen LogP contribution in [0, 0.1) is 0 Å². The van der Waals surface area contributed by atoms with Crippen molar-refractivity contribution in [2.75, 3.05) is 30.9 Å². The van der Waals surface area contributed by atoms with Crippen LogP contribution in [0.5, 0.6) is 5.75 Å². The number of hydrogen-bond acceptors (Lipinski definition) is 4. The first-order valence-electron chi connectivity index (χ1n) is 7.27. The second-order valence-corrected chi connectivity index (χ2v) is 4.99. The number of para-hydroxylation sites is 2. The summed E-state index contributed by atoms with van der Waals surface area (Å²) in [6.07, 6.45) is 2.96. The third-order valence-corrected chi connectivity index (χ3v) is 3.29. The minimum absolute atomic E-state index is 0.738. The van der Waals surface area contributed by atoms with Gasteiger partial charge in [0.15, 0.2) is 0 Å². The number of pyridine rings is 1. The molecule has 0 aliphatic rings. The van der Waals surface area contributed by atoms with Gasteiger partial charge in [0.05, 0.1) is 25.0 Å². The van der Waals surface area contributed by atoms with Crippen molar-refractivity contribution in [1.82, 2.24) is 4.98 Å². The third kappa shape index (κ3) is 4.12. The van der Waals surface area contributed by atoms with E-state index in [4.69, 9.17) is 4.74 Å². The second kappa shape index (κ2) is 7.53. The largest absolute Gasteiger partial charge is 0.495 e. The van der Waals surface area contributed by atoms with Gasteiger partial charge < -0.3 is 15.0 Å². The van der Waals surface area contributed by atoms with Crippen molar-refractivity contribution in [2.24, 2.45) is 0 Å². The molecule has 0 aliphatic heterocycles. The molecule has 2 rings (SSSR count). The van der Waals surface area contributed by atoms with Crippen LogP contribution in [0.2, 0.25) is 0 Å². The van der Waals surface area contributed by atoms with Crippen LogP contribution in [-0.2, 0) is 6.54 Å². The number of benzene rings is 1. The van der Waals surface area contributed by atoms with Gasteiger partial charge in [0, 0.05) is 25.5 Å². The Morgan fingerprint density at radius 1 is 1.24 bits per heavy atom. The molecule has 0 atom stereocenters. The zero-order valence-electron chi connectivity index (χ0n) is 13.0. The Labute approximate surface area is 126 Å². The van der Waals surface area contributed by atoms with Gasteiger partial charge in [0.1, 0.15) is 5.75 Å². The van der Waals surface area contributed by atoms with E-state index in [1.807, 2.05) is 37.5 Å². The highest BCUT2D eigenvalue weighted by molar-refractivity contribution is 5.58. The summed E-state index contributed by atoms with van der Waals surface area (Å²) >= 11 is 0. The van der Waals surface area contributed by atoms with Crippen LogP contribution >= 0.6 is 0 Å². The average Bonchev–Trinajstić information content (AvgIpc) is 2.53. The number of rotatable bonds is 7. The molecule has 1 heterocycles. The van der Waals surface area contributed by atoms with Crippen molar-refractivity contribution in [3.63, 3.8) is 0 Å². The molecule has 0 aliphatic carbocycles. The number of ether oxygens (including phenoxy) is 1.